The minimum Gasteiger partial charge on any atom is -0.497 e. The number of pyridine rings is 1. The number of anilines is 1. The maximum atomic E-state index is 12.4. The van der Waals surface area contributed by atoms with Crippen LogP contribution in [0, 0.1) is 0 Å². The standard InChI is InChI=1S/C17H13ClN2O2/c1-22-12-7-8-15-13(9-12)16(18)14(10-19-15)17(21)20-11-5-3-2-4-6-11/h2-10H,1H3,(H,20,21). The fraction of sp³-hybridized carbons (Fsp3) is 0.0588. The Morgan fingerprint density at radius 2 is 1.95 bits per heavy atom. The number of benzene rings is 2. The first kappa shape index (κ1) is 14.4. The van der Waals surface area contributed by atoms with E-state index in [4.69, 9.17) is 16.3 Å². The molecule has 0 fully saturated rings. The number of carbonyl (C=O) groups excluding carboxylic acids is 1. The zero-order valence-electron chi connectivity index (χ0n) is 11.8. The van der Waals surface area contributed by atoms with Crippen LogP contribution in [0.5, 0.6) is 5.75 Å². The van der Waals surface area contributed by atoms with Crippen LogP contribution in [0.3, 0.4) is 0 Å². The van der Waals surface area contributed by atoms with Gasteiger partial charge in [0.2, 0.25) is 0 Å². The van der Waals surface area contributed by atoms with Crippen LogP contribution < -0.4 is 10.1 Å². The Kier molecular flexibility index (Phi) is 3.94. The van der Waals surface area contributed by atoms with Gasteiger partial charge in [0, 0.05) is 17.3 Å². The van der Waals surface area contributed by atoms with Gasteiger partial charge in [0.1, 0.15) is 5.75 Å². The molecule has 0 aliphatic rings. The zero-order chi connectivity index (χ0) is 15.5. The van der Waals surface area contributed by atoms with E-state index in [0.29, 0.717) is 32.9 Å². The molecular weight excluding hydrogens is 300 g/mol. The van der Waals surface area contributed by atoms with Crippen molar-refractivity contribution in [2.45, 2.75) is 0 Å². The minimum atomic E-state index is -0.298. The Bertz CT molecular complexity index is 835. The number of amides is 1. The smallest absolute Gasteiger partial charge is 0.258 e. The quantitative estimate of drug-likeness (QED) is 0.790. The molecule has 0 unspecified atom stereocenters. The van der Waals surface area contributed by atoms with E-state index in [1.165, 1.54) is 6.20 Å². The van der Waals surface area contributed by atoms with Gasteiger partial charge in [-0.3, -0.25) is 9.78 Å². The predicted octanol–water partition coefficient (Wildman–Crippen LogP) is 4.15. The first-order valence-corrected chi connectivity index (χ1v) is 7.05. The van der Waals surface area contributed by atoms with E-state index >= 15 is 0 Å². The molecule has 0 spiro atoms. The van der Waals surface area contributed by atoms with Gasteiger partial charge in [0.15, 0.2) is 0 Å². The fourth-order valence-corrected chi connectivity index (χ4v) is 2.43. The zero-order valence-corrected chi connectivity index (χ0v) is 12.6. The molecule has 1 aromatic heterocycles. The molecule has 0 aliphatic heterocycles. The van der Waals surface area contributed by atoms with Crippen LogP contribution in [0.2, 0.25) is 5.02 Å². The summed E-state index contributed by atoms with van der Waals surface area (Å²) >= 11 is 6.38. The van der Waals surface area contributed by atoms with E-state index < -0.39 is 0 Å². The second-order valence-corrected chi connectivity index (χ2v) is 5.07. The highest BCUT2D eigenvalue weighted by atomic mass is 35.5. The van der Waals surface area contributed by atoms with Crippen molar-refractivity contribution in [2.24, 2.45) is 0 Å². The van der Waals surface area contributed by atoms with Gasteiger partial charge in [-0.15, -0.1) is 0 Å². The minimum absolute atomic E-state index is 0.298. The molecule has 3 aromatic rings. The van der Waals surface area contributed by atoms with Gasteiger partial charge in [-0.25, -0.2) is 0 Å². The maximum Gasteiger partial charge on any atom is 0.258 e. The largest absolute Gasteiger partial charge is 0.497 e. The summed E-state index contributed by atoms with van der Waals surface area (Å²) in [4.78, 5) is 16.6. The van der Waals surface area contributed by atoms with Crippen molar-refractivity contribution >= 4 is 34.1 Å². The number of aromatic nitrogens is 1. The molecule has 3 rings (SSSR count). The number of nitrogens with one attached hydrogen (secondary N) is 1. The van der Waals surface area contributed by atoms with E-state index in [1.807, 2.05) is 30.3 Å². The molecule has 1 N–H and O–H groups in total. The normalized spacial score (nSPS) is 10.5. The van der Waals surface area contributed by atoms with Crippen molar-refractivity contribution in [1.82, 2.24) is 4.98 Å². The molecule has 5 heteroatoms. The summed E-state index contributed by atoms with van der Waals surface area (Å²) in [6, 6.07) is 14.6. The van der Waals surface area contributed by atoms with Crippen molar-refractivity contribution < 1.29 is 9.53 Å². The summed E-state index contributed by atoms with van der Waals surface area (Å²) in [5.41, 5.74) is 1.74. The lowest BCUT2D eigenvalue weighted by molar-refractivity contribution is 0.102. The van der Waals surface area contributed by atoms with E-state index in [2.05, 4.69) is 10.3 Å². The van der Waals surface area contributed by atoms with Crippen molar-refractivity contribution in [3.05, 3.63) is 65.3 Å². The van der Waals surface area contributed by atoms with Gasteiger partial charge in [0.25, 0.3) is 5.91 Å². The van der Waals surface area contributed by atoms with E-state index in [0.717, 1.165) is 0 Å². The highest BCUT2D eigenvalue weighted by Gasteiger charge is 2.14. The van der Waals surface area contributed by atoms with Gasteiger partial charge >= 0.3 is 0 Å². The van der Waals surface area contributed by atoms with E-state index in [1.54, 1.807) is 25.3 Å². The summed E-state index contributed by atoms with van der Waals surface area (Å²) in [6.07, 6.45) is 1.48. The summed E-state index contributed by atoms with van der Waals surface area (Å²) < 4.78 is 5.19. The lowest BCUT2D eigenvalue weighted by Gasteiger charge is -2.09. The molecule has 0 bridgehead atoms. The van der Waals surface area contributed by atoms with Crippen LogP contribution >= 0.6 is 11.6 Å². The fourth-order valence-electron chi connectivity index (χ4n) is 2.14. The number of nitrogens with zero attached hydrogens (tertiary/aromatic N) is 1. The predicted molar refractivity (Wildman–Crippen MR) is 87.7 cm³/mol. The highest BCUT2D eigenvalue weighted by molar-refractivity contribution is 6.39. The molecule has 2 aromatic carbocycles. The number of rotatable bonds is 3. The summed E-state index contributed by atoms with van der Waals surface area (Å²) in [6.45, 7) is 0. The second kappa shape index (κ2) is 6.03. The molecule has 0 radical (unpaired) electrons. The SMILES string of the molecule is COc1ccc2ncc(C(=O)Nc3ccccc3)c(Cl)c2c1. The maximum absolute atomic E-state index is 12.4. The van der Waals surface area contributed by atoms with Gasteiger partial charge in [0.05, 0.1) is 23.2 Å². The van der Waals surface area contributed by atoms with Gasteiger partial charge < -0.3 is 10.1 Å². The Morgan fingerprint density at radius 1 is 1.18 bits per heavy atom. The number of hydrogen-bond donors (Lipinski definition) is 1. The molecule has 110 valence electrons. The monoisotopic (exact) mass is 312 g/mol. The third-order valence-electron chi connectivity index (χ3n) is 3.29. The number of hydrogen-bond acceptors (Lipinski definition) is 3. The molecular formula is C17H13ClN2O2. The lowest BCUT2D eigenvalue weighted by atomic mass is 10.1. The number of para-hydroxylation sites is 1. The van der Waals surface area contributed by atoms with Gasteiger partial charge in [-0.1, -0.05) is 29.8 Å². The third kappa shape index (κ3) is 2.73. The Morgan fingerprint density at radius 3 is 2.68 bits per heavy atom. The summed E-state index contributed by atoms with van der Waals surface area (Å²) in [7, 11) is 1.58. The molecule has 1 amide bonds. The van der Waals surface area contributed by atoms with Crippen molar-refractivity contribution in [2.75, 3.05) is 12.4 Å². The van der Waals surface area contributed by atoms with Crippen LogP contribution in [0.25, 0.3) is 10.9 Å². The van der Waals surface area contributed by atoms with Crippen molar-refractivity contribution in [3.8, 4) is 5.75 Å². The van der Waals surface area contributed by atoms with Gasteiger partial charge in [-0.2, -0.15) is 0 Å². The van der Waals surface area contributed by atoms with Crippen LogP contribution in [0.4, 0.5) is 5.69 Å². The number of carbonyl (C=O) groups is 1. The number of methoxy groups -OCH3 is 1. The number of fused-ring (bicyclic) bond motifs is 1. The molecule has 0 saturated carbocycles. The van der Waals surface area contributed by atoms with E-state index in [-0.39, 0.29) is 5.91 Å². The van der Waals surface area contributed by atoms with Gasteiger partial charge in [-0.05, 0) is 30.3 Å². The topological polar surface area (TPSA) is 51.2 Å². The molecule has 0 atom stereocenters. The highest BCUT2D eigenvalue weighted by Crippen LogP contribution is 2.29. The molecule has 1 heterocycles. The molecule has 0 aliphatic carbocycles. The third-order valence-corrected chi connectivity index (χ3v) is 3.69. The van der Waals surface area contributed by atoms with Crippen LogP contribution in [0.1, 0.15) is 10.4 Å². The first-order chi connectivity index (χ1) is 10.7. The average Bonchev–Trinajstić information content (AvgIpc) is 2.56. The second-order valence-electron chi connectivity index (χ2n) is 4.69. The summed E-state index contributed by atoms with van der Waals surface area (Å²) in [5, 5.41) is 3.84. The first-order valence-electron chi connectivity index (χ1n) is 6.67. The Hall–Kier alpha value is -2.59. The Labute approximate surface area is 132 Å². The average molecular weight is 313 g/mol. The summed E-state index contributed by atoms with van der Waals surface area (Å²) in [5.74, 6) is 0.366. The number of ether oxygens (including phenoxy) is 1. The van der Waals surface area contributed by atoms with E-state index in [9.17, 15) is 4.79 Å². The molecule has 22 heavy (non-hydrogen) atoms. The van der Waals surface area contributed by atoms with Crippen molar-refractivity contribution in [3.63, 3.8) is 0 Å². The van der Waals surface area contributed by atoms with Crippen molar-refractivity contribution in [1.29, 1.82) is 0 Å². The van der Waals surface area contributed by atoms with Crippen LogP contribution in [-0.4, -0.2) is 18.0 Å². The molecule has 0 saturated heterocycles. The number of halogens is 1. The molecule has 4 nitrogen and oxygen atoms in total. The van der Waals surface area contributed by atoms with Crippen LogP contribution in [0.15, 0.2) is 54.7 Å². The lowest BCUT2D eigenvalue weighted by Crippen LogP contribution is -2.13. The van der Waals surface area contributed by atoms with Crippen LogP contribution in [-0.2, 0) is 0 Å². The Balaban J connectivity index is 2.00.